The smallest absolute Gasteiger partial charge is 0.144 e. The van der Waals surface area contributed by atoms with Crippen LogP contribution in [0.3, 0.4) is 0 Å². The van der Waals surface area contributed by atoms with Gasteiger partial charge in [-0.25, -0.2) is 9.97 Å². The molecule has 0 spiro atoms. The van der Waals surface area contributed by atoms with Crippen molar-refractivity contribution in [2.75, 3.05) is 11.5 Å². The summed E-state index contributed by atoms with van der Waals surface area (Å²) >= 11 is 4.30. The second-order valence-electron chi connectivity index (χ2n) is 5.15. The van der Waals surface area contributed by atoms with Crippen molar-refractivity contribution in [3.63, 3.8) is 0 Å². The van der Waals surface area contributed by atoms with Crippen LogP contribution in [0.25, 0.3) is 0 Å². The van der Waals surface area contributed by atoms with Crippen molar-refractivity contribution >= 4 is 40.2 Å². The van der Waals surface area contributed by atoms with Crippen LogP contribution in [0.5, 0.6) is 0 Å². The molecule has 1 saturated heterocycles. The van der Waals surface area contributed by atoms with Gasteiger partial charge >= 0.3 is 0 Å². The predicted octanol–water partition coefficient (Wildman–Crippen LogP) is 3.89. The van der Waals surface area contributed by atoms with E-state index in [1.54, 1.807) is 0 Å². The Bertz CT molecular complexity index is 440. The molecule has 0 amide bonds. The van der Waals surface area contributed by atoms with E-state index < -0.39 is 0 Å². The Morgan fingerprint density at radius 3 is 2.56 bits per heavy atom. The highest BCUT2D eigenvalue weighted by Gasteiger charge is 2.26. The molecule has 1 unspecified atom stereocenters. The van der Waals surface area contributed by atoms with Crippen molar-refractivity contribution in [1.82, 2.24) is 9.97 Å². The van der Waals surface area contributed by atoms with Crippen LogP contribution in [0.15, 0.2) is 0 Å². The van der Waals surface area contributed by atoms with Crippen LogP contribution in [-0.4, -0.2) is 15.7 Å². The van der Waals surface area contributed by atoms with Gasteiger partial charge in [0.2, 0.25) is 0 Å². The Balaban J connectivity index is 1.95. The molecule has 1 atom stereocenters. The van der Waals surface area contributed by atoms with Gasteiger partial charge in [-0.1, -0.05) is 12.8 Å². The zero-order valence-electron chi connectivity index (χ0n) is 10.4. The third-order valence-corrected chi connectivity index (χ3v) is 6.36. The molecule has 3 rings (SSSR count). The second-order valence-corrected chi connectivity index (χ2v) is 7.54. The van der Waals surface area contributed by atoms with E-state index in [4.69, 9.17) is 10.7 Å². The molecule has 2 heterocycles. The molecule has 3 nitrogen and oxygen atoms in total. The molecule has 1 aliphatic heterocycles. The molecule has 1 aromatic heterocycles. The molecule has 98 valence electrons. The molecular weight excluding hydrogens is 357 g/mol. The summed E-state index contributed by atoms with van der Waals surface area (Å²) < 4.78 is 1.09. The Hall–Kier alpha value is -0.0400. The van der Waals surface area contributed by atoms with Crippen molar-refractivity contribution in [3.05, 3.63) is 15.1 Å². The Morgan fingerprint density at radius 1 is 1.11 bits per heavy atom. The summed E-state index contributed by atoms with van der Waals surface area (Å²) in [6.07, 6.45) is 7.68. The van der Waals surface area contributed by atoms with Crippen molar-refractivity contribution < 1.29 is 0 Å². The number of aromatic nitrogens is 2. The lowest BCUT2D eigenvalue weighted by Gasteiger charge is -2.16. The van der Waals surface area contributed by atoms with Gasteiger partial charge in [0.1, 0.15) is 11.6 Å². The maximum Gasteiger partial charge on any atom is 0.144 e. The predicted molar refractivity (Wildman–Crippen MR) is 84.8 cm³/mol. The van der Waals surface area contributed by atoms with E-state index in [2.05, 4.69) is 27.6 Å². The standard InChI is InChI=1S/C13H18IN3S/c14-10-11(8-4-1-2-5-8)16-13(17-12(10)15)9-6-3-7-18-9/h8-9H,1-7H2,(H2,15,16,17). The van der Waals surface area contributed by atoms with Gasteiger partial charge in [-0.05, 0) is 54.0 Å². The van der Waals surface area contributed by atoms with Gasteiger partial charge in [-0.15, -0.1) is 0 Å². The number of halogens is 1. The summed E-state index contributed by atoms with van der Waals surface area (Å²) in [5.41, 5.74) is 7.31. The van der Waals surface area contributed by atoms with Gasteiger partial charge in [0.05, 0.1) is 14.5 Å². The van der Waals surface area contributed by atoms with E-state index in [0.717, 1.165) is 9.39 Å². The average molecular weight is 375 g/mol. The lowest BCUT2D eigenvalue weighted by molar-refractivity contribution is 0.671. The third kappa shape index (κ3) is 2.48. The topological polar surface area (TPSA) is 51.8 Å². The van der Waals surface area contributed by atoms with Gasteiger partial charge < -0.3 is 5.73 Å². The summed E-state index contributed by atoms with van der Waals surface area (Å²) in [7, 11) is 0. The highest BCUT2D eigenvalue weighted by atomic mass is 127. The number of thioether (sulfide) groups is 1. The van der Waals surface area contributed by atoms with Gasteiger partial charge in [0.25, 0.3) is 0 Å². The maximum absolute atomic E-state index is 6.09. The normalized spacial score (nSPS) is 24.8. The van der Waals surface area contributed by atoms with Gasteiger partial charge in [0, 0.05) is 5.92 Å². The largest absolute Gasteiger partial charge is 0.383 e. The fraction of sp³-hybridized carbons (Fsp3) is 0.692. The summed E-state index contributed by atoms with van der Waals surface area (Å²) in [6, 6.07) is 0. The van der Waals surface area contributed by atoms with Crippen LogP contribution < -0.4 is 5.73 Å². The molecule has 1 saturated carbocycles. The number of nitrogens with two attached hydrogens (primary N) is 1. The second kappa shape index (κ2) is 5.53. The highest BCUT2D eigenvalue weighted by Crippen LogP contribution is 2.41. The lowest BCUT2D eigenvalue weighted by atomic mass is 10.0. The molecule has 0 aromatic carbocycles. The fourth-order valence-electron chi connectivity index (χ4n) is 2.90. The summed E-state index contributed by atoms with van der Waals surface area (Å²) in [5.74, 6) is 3.53. The molecule has 2 fully saturated rings. The van der Waals surface area contributed by atoms with Crippen molar-refractivity contribution in [2.24, 2.45) is 0 Å². The first kappa shape index (κ1) is 13.0. The zero-order valence-corrected chi connectivity index (χ0v) is 13.3. The number of hydrogen-bond acceptors (Lipinski definition) is 4. The zero-order chi connectivity index (χ0) is 12.5. The summed E-state index contributed by atoms with van der Waals surface area (Å²) in [6.45, 7) is 0. The van der Waals surface area contributed by atoms with Gasteiger partial charge in [-0.2, -0.15) is 11.8 Å². The SMILES string of the molecule is Nc1nc(C2CCCS2)nc(C2CCCC2)c1I. The molecular formula is C13H18IN3S. The van der Waals surface area contributed by atoms with Gasteiger partial charge in [0.15, 0.2) is 0 Å². The van der Waals surface area contributed by atoms with Crippen LogP contribution in [-0.2, 0) is 0 Å². The van der Waals surface area contributed by atoms with E-state index in [-0.39, 0.29) is 0 Å². The van der Waals surface area contributed by atoms with Gasteiger partial charge in [-0.3, -0.25) is 0 Å². The molecule has 2 aliphatic rings. The van der Waals surface area contributed by atoms with Crippen LogP contribution in [0.1, 0.15) is 61.2 Å². The first-order valence-corrected chi connectivity index (χ1v) is 8.83. The minimum atomic E-state index is 0.476. The minimum Gasteiger partial charge on any atom is -0.383 e. The number of nitrogens with zero attached hydrogens (tertiary/aromatic N) is 2. The summed E-state index contributed by atoms with van der Waals surface area (Å²) in [5, 5.41) is 0.476. The van der Waals surface area contributed by atoms with Crippen molar-refractivity contribution in [3.8, 4) is 0 Å². The fourth-order valence-corrected chi connectivity index (χ4v) is 4.78. The Labute approximate surface area is 126 Å². The van der Waals surface area contributed by atoms with Crippen LogP contribution in [0.2, 0.25) is 0 Å². The number of rotatable bonds is 2. The molecule has 2 N–H and O–H groups in total. The Morgan fingerprint density at radius 2 is 1.89 bits per heavy atom. The molecule has 0 bridgehead atoms. The molecule has 18 heavy (non-hydrogen) atoms. The minimum absolute atomic E-state index is 0.476. The third-order valence-electron chi connectivity index (χ3n) is 3.88. The van der Waals surface area contributed by atoms with Crippen LogP contribution in [0, 0.1) is 3.57 Å². The molecule has 0 radical (unpaired) electrons. The molecule has 1 aliphatic carbocycles. The summed E-state index contributed by atoms with van der Waals surface area (Å²) in [4.78, 5) is 9.40. The highest BCUT2D eigenvalue weighted by molar-refractivity contribution is 14.1. The number of nitrogen functional groups attached to an aromatic ring is 1. The molecule has 1 aromatic rings. The van der Waals surface area contributed by atoms with E-state index in [0.29, 0.717) is 17.0 Å². The monoisotopic (exact) mass is 375 g/mol. The first-order valence-electron chi connectivity index (χ1n) is 6.70. The van der Waals surface area contributed by atoms with Crippen molar-refractivity contribution in [1.29, 1.82) is 0 Å². The van der Waals surface area contributed by atoms with E-state index in [9.17, 15) is 0 Å². The lowest BCUT2D eigenvalue weighted by Crippen LogP contribution is -2.11. The Kier molecular flexibility index (Phi) is 3.98. The van der Waals surface area contributed by atoms with Crippen LogP contribution >= 0.6 is 34.4 Å². The maximum atomic E-state index is 6.09. The average Bonchev–Trinajstić information content (AvgIpc) is 3.03. The van der Waals surface area contributed by atoms with E-state index >= 15 is 0 Å². The van der Waals surface area contributed by atoms with E-state index in [1.165, 1.54) is 50.0 Å². The first-order chi connectivity index (χ1) is 8.75. The van der Waals surface area contributed by atoms with Crippen LogP contribution in [0.4, 0.5) is 5.82 Å². The number of anilines is 1. The number of hydrogen-bond donors (Lipinski definition) is 1. The molecule has 5 heteroatoms. The van der Waals surface area contributed by atoms with Crippen molar-refractivity contribution in [2.45, 2.75) is 49.7 Å². The van der Waals surface area contributed by atoms with E-state index in [1.807, 2.05) is 11.8 Å². The quantitative estimate of drug-likeness (QED) is 0.797.